The van der Waals surface area contributed by atoms with Crippen LogP contribution >= 0.6 is 0 Å². The molecule has 0 amide bonds. The van der Waals surface area contributed by atoms with E-state index in [-0.39, 0.29) is 0 Å². The maximum Gasteiger partial charge on any atom is 0.0195 e. The third kappa shape index (κ3) is 2.29. The second kappa shape index (κ2) is 4.63. The monoisotopic (exact) mass is 196 g/mol. The Bertz CT molecular complexity index is 175. The van der Waals surface area contributed by atoms with Crippen molar-refractivity contribution in [3.63, 3.8) is 0 Å². The summed E-state index contributed by atoms with van der Waals surface area (Å²) in [5, 5.41) is 3.60. The van der Waals surface area contributed by atoms with Crippen LogP contribution in [0.4, 0.5) is 0 Å². The van der Waals surface area contributed by atoms with Gasteiger partial charge in [-0.2, -0.15) is 0 Å². The van der Waals surface area contributed by atoms with Crippen LogP contribution in [-0.4, -0.2) is 36.6 Å². The minimum absolute atomic E-state index is 0.780. The van der Waals surface area contributed by atoms with Gasteiger partial charge >= 0.3 is 0 Å². The van der Waals surface area contributed by atoms with E-state index in [4.69, 9.17) is 0 Å². The Morgan fingerprint density at radius 1 is 1.21 bits per heavy atom. The summed E-state index contributed by atoms with van der Waals surface area (Å²) >= 11 is 0. The molecular formula is C12H24N2. The van der Waals surface area contributed by atoms with E-state index in [0.29, 0.717) is 0 Å². The summed E-state index contributed by atoms with van der Waals surface area (Å²) in [6.07, 6.45) is 5.59. The lowest BCUT2D eigenvalue weighted by atomic mass is 9.91. The molecule has 82 valence electrons. The van der Waals surface area contributed by atoms with Crippen molar-refractivity contribution < 1.29 is 0 Å². The number of piperidine rings is 1. The van der Waals surface area contributed by atoms with Crippen molar-refractivity contribution in [1.82, 2.24) is 10.2 Å². The fourth-order valence-corrected chi connectivity index (χ4v) is 2.87. The SMILES string of the molecule is CC1CCCN(C[C@@H]2CCCN2)C1C. The van der Waals surface area contributed by atoms with Crippen LogP contribution < -0.4 is 5.32 Å². The second-order valence-corrected chi connectivity index (χ2v) is 5.15. The first-order chi connectivity index (χ1) is 6.77. The zero-order chi connectivity index (χ0) is 9.97. The topological polar surface area (TPSA) is 15.3 Å². The van der Waals surface area contributed by atoms with E-state index < -0.39 is 0 Å². The van der Waals surface area contributed by atoms with Gasteiger partial charge in [-0.15, -0.1) is 0 Å². The minimum atomic E-state index is 0.780. The lowest BCUT2D eigenvalue weighted by Crippen LogP contribution is -2.47. The summed E-state index contributed by atoms with van der Waals surface area (Å²) in [6.45, 7) is 8.65. The molecule has 1 N–H and O–H groups in total. The number of hydrogen-bond acceptors (Lipinski definition) is 2. The summed E-state index contributed by atoms with van der Waals surface area (Å²) in [5.41, 5.74) is 0. The molecule has 2 saturated heterocycles. The first-order valence-corrected chi connectivity index (χ1v) is 6.25. The first-order valence-electron chi connectivity index (χ1n) is 6.25. The summed E-state index contributed by atoms with van der Waals surface area (Å²) in [7, 11) is 0. The van der Waals surface area contributed by atoms with Crippen molar-refractivity contribution in [2.24, 2.45) is 5.92 Å². The molecule has 0 aromatic rings. The minimum Gasteiger partial charge on any atom is -0.313 e. The third-order valence-electron chi connectivity index (χ3n) is 4.12. The normalized spacial score (nSPS) is 40.3. The van der Waals surface area contributed by atoms with Crippen molar-refractivity contribution in [2.45, 2.75) is 51.6 Å². The van der Waals surface area contributed by atoms with Crippen molar-refractivity contribution in [2.75, 3.05) is 19.6 Å². The lowest BCUT2D eigenvalue weighted by Gasteiger charge is -2.39. The first kappa shape index (κ1) is 10.4. The zero-order valence-electron chi connectivity index (χ0n) is 9.63. The molecule has 2 fully saturated rings. The predicted octanol–water partition coefficient (Wildman–Crippen LogP) is 1.86. The summed E-state index contributed by atoms with van der Waals surface area (Å²) in [4.78, 5) is 2.69. The van der Waals surface area contributed by atoms with E-state index in [1.807, 2.05) is 0 Å². The molecule has 0 aliphatic carbocycles. The fraction of sp³-hybridized carbons (Fsp3) is 1.00. The van der Waals surface area contributed by atoms with Crippen LogP contribution in [0.2, 0.25) is 0 Å². The van der Waals surface area contributed by atoms with E-state index in [2.05, 4.69) is 24.1 Å². The fourth-order valence-electron chi connectivity index (χ4n) is 2.87. The highest BCUT2D eigenvalue weighted by Gasteiger charge is 2.27. The van der Waals surface area contributed by atoms with Gasteiger partial charge in [-0.3, -0.25) is 4.90 Å². The van der Waals surface area contributed by atoms with Crippen molar-refractivity contribution in [3.05, 3.63) is 0 Å². The molecular weight excluding hydrogens is 172 g/mol. The molecule has 3 atom stereocenters. The Balaban J connectivity index is 1.83. The maximum absolute atomic E-state index is 3.60. The highest BCUT2D eigenvalue weighted by atomic mass is 15.2. The molecule has 0 aromatic carbocycles. The zero-order valence-corrected chi connectivity index (χ0v) is 9.63. The molecule has 0 spiro atoms. The van der Waals surface area contributed by atoms with E-state index in [1.165, 1.54) is 45.3 Å². The molecule has 0 bridgehead atoms. The lowest BCUT2D eigenvalue weighted by molar-refractivity contribution is 0.104. The van der Waals surface area contributed by atoms with E-state index in [9.17, 15) is 0 Å². The molecule has 0 saturated carbocycles. The van der Waals surface area contributed by atoms with Gasteiger partial charge in [0.05, 0.1) is 0 Å². The van der Waals surface area contributed by atoms with Crippen LogP contribution in [0.15, 0.2) is 0 Å². The van der Waals surface area contributed by atoms with E-state index in [0.717, 1.165) is 18.0 Å². The predicted molar refractivity (Wildman–Crippen MR) is 60.5 cm³/mol. The Hall–Kier alpha value is -0.0800. The van der Waals surface area contributed by atoms with Gasteiger partial charge in [0.2, 0.25) is 0 Å². The van der Waals surface area contributed by atoms with Gasteiger partial charge in [-0.25, -0.2) is 0 Å². The maximum atomic E-state index is 3.60. The average molecular weight is 196 g/mol. The van der Waals surface area contributed by atoms with Crippen LogP contribution in [0.5, 0.6) is 0 Å². The Kier molecular flexibility index (Phi) is 3.45. The Morgan fingerprint density at radius 2 is 2.07 bits per heavy atom. The number of nitrogens with zero attached hydrogens (tertiary/aromatic N) is 1. The molecule has 14 heavy (non-hydrogen) atoms. The van der Waals surface area contributed by atoms with Crippen molar-refractivity contribution in [3.8, 4) is 0 Å². The van der Waals surface area contributed by atoms with Crippen LogP contribution in [0, 0.1) is 5.92 Å². The molecule has 0 aromatic heterocycles. The Morgan fingerprint density at radius 3 is 2.79 bits per heavy atom. The van der Waals surface area contributed by atoms with Crippen LogP contribution in [-0.2, 0) is 0 Å². The molecule has 2 heterocycles. The molecule has 2 aliphatic rings. The van der Waals surface area contributed by atoms with Gasteiger partial charge in [0.15, 0.2) is 0 Å². The number of likely N-dealkylation sites (tertiary alicyclic amines) is 1. The molecule has 2 nitrogen and oxygen atoms in total. The molecule has 2 rings (SSSR count). The second-order valence-electron chi connectivity index (χ2n) is 5.15. The third-order valence-corrected chi connectivity index (χ3v) is 4.12. The average Bonchev–Trinajstić information content (AvgIpc) is 2.66. The molecule has 2 heteroatoms. The standard InChI is InChI=1S/C12H24N2/c1-10-5-4-8-14(11(10)2)9-12-6-3-7-13-12/h10-13H,3-9H2,1-2H3/t10?,11?,12-/m0/s1. The largest absolute Gasteiger partial charge is 0.313 e. The van der Waals surface area contributed by atoms with E-state index >= 15 is 0 Å². The van der Waals surface area contributed by atoms with Crippen LogP contribution in [0.1, 0.15) is 39.5 Å². The molecule has 2 unspecified atom stereocenters. The smallest absolute Gasteiger partial charge is 0.0195 e. The summed E-state index contributed by atoms with van der Waals surface area (Å²) in [5.74, 6) is 0.894. The van der Waals surface area contributed by atoms with Crippen molar-refractivity contribution in [1.29, 1.82) is 0 Å². The summed E-state index contributed by atoms with van der Waals surface area (Å²) < 4.78 is 0. The van der Waals surface area contributed by atoms with Crippen molar-refractivity contribution >= 4 is 0 Å². The molecule has 2 aliphatic heterocycles. The van der Waals surface area contributed by atoms with Gasteiger partial charge in [0.25, 0.3) is 0 Å². The highest BCUT2D eigenvalue weighted by Crippen LogP contribution is 2.23. The van der Waals surface area contributed by atoms with Gasteiger partial charge in [0, 0.05) is 18.6 Å². The van der Waals surface area contributed by atoms with E-state index in [1.54, 1.807) is 0 Å². The quantitative estimate of drug-likeness (QED) is 0.725. The summed E-state index contributed by atoms with van der Waals surface area (Å²) in [6, 6.07) is 1.58. The highest BCUT2D eigenvalue weighted by molar-refractivity contribution is 4.84. The van der Waals surface area contributed by atoms with Gasteiger partial charge in [-0.05, 0) is 51.6 Å². The molecule has 0 radical (unpaired) electrons. The van der Waals surface area contributed by atoms with Crippen LogP contribution in [0.3, 0.4) is 0 Å². The van der Waals surface area contributed by atoms with Gasteiger partial charge in [0.1, 0.15) is 0 Å². The van der Waals surface area contributed by atoms with Gasteiger partial charge < -0.3 is 5.32 Å². The number of rotatable bonds is 2. The Labute approximate surface area is 88.1 Å². The van der Waals surface area contributed by atoms with Crippen LogP contribution in [0.25, 0.3) is 0 Å². The number of hydrogen-bond donors (Lipinski definition) is 1. The van der Waals surface area contributed by atoms with Gasteiger partial charge in [-0.1, -0.05) is 6.92 Å². The number of nitrogens with one attached hydrogen (secondary N) is 1.